The van der Waals surface area contributed by atoms with E-state index in [0.717, 1.165) is 33.4 Å². The van der Waals surface area contributed by atoms with Crippen molar-refractivity contribution >= 4 is 35.1 Å². The number of aromatic nitrogens is 2. The van der Waals surface area contributed by atoms with Crippen LogP contribution in [-0.2, 0) is 43.5 Å². The number of esters is 1. The fourth-order valence-electron chi connectivity index (χ4n) is 5.32. The van der Waals surface area contributed by atoms with E-state index >= 15 is 0 Å². The number of rotatable bonds is 10. The minimum atomic E-state index is -0.862. The van der Waals surface area contributed by atoms with Crippen molar-refractivity contribution < 1.29 is 28.9 Å². The van der Waals surface area contributed by atoms with Crippen molar-refractivity contribution in [3.05, 3.63) is 112 Å². The number of carbonyl (C=O) groups is 2. The summed E-state index contributed by atoms with van der Waals surface area (Å²) in [4.78, 5) is 27.5. The molecule has 0 radical (unpaired) electrons. The van der Waals surface area contributed by atoms with E-state index in [-0.39, 0.29) is 35.8 Å². The molecule has 1 aromatic heterocycles. The molecule has 45 heavy (non-hydrogen) atoms. The number of carbonyl (C=O) groups excluding carboxylic acids is 2. The van der Waals surface area contributed by atoms with Gasteiger partial charge in [0.1, 0.15) is 5.15 Å². The Labute approximate surface area is 272 Å². The average molecular weight is 653 g/mol. The molecule has 2 N–H and O–H groups in total. The molecule has 0 saturated carbocycles. The monoisotopic (exact) mass is 651 g/mol. The SMILES string of the molecule is CC(=O)O[C@@H](C)C(=O)NCc1cccc(-c2ccc([C@@H]3O[C@H](Cn4cnc(Cl)c4Cl)[C@H](C)[C@H](c4ccc(CO)cc4)O3)cc2)c1. The van der Waals surface area contributed by atoms with Crippen LogP contribution in [0.5, 0.6) is 0 Å². The highest BCUT2D eigenvalue weighted by Crippen LogP contribution is 2.42. The van der Waals surface area contributed by atoms with Gasteiger partial charge in [0, 0.05) is 24.9 Å². The van der Waals surface area contributed by atoms with Crippen LogP contribution < -0.4 is 5.32 Å². The van der Waals surface area contributed by atoms with E-state index in [9.17, 15) is 14.7 Å². The summed E-state index contributed by atoms with van der Waals surface area (Å²) in [6, 6.07) is 23.6. The summed E-state index contributed by atoms with van der Waals surface area (Å²) in [6.07, 6.45) is -0.468. The lowest BCUT2D eigenvalue weighted by Gasteiger charge is -2.41. The van der Waals surface area contributed by atoms with Crippen LogP contribution in [0.25, 0.3) is 11.1 Å². The molecule has 1 aliphatic rings. The van der Waals surface area contributed by atoms with Gasteiger partial charge in [0.25, 0.3) is 5.91 Å². The summed E-state index contributed by atoms with van der Waals surface area (Å²) < 4.78 is 19.8. The Hall–Kier alpha value is -3.73. The number of nitrogens with one attached hydrogen (secondary N) is 1. The number of halogens is 2. The molecule has 0 aliphatic carbocycles. The van der Waals surface area contributed by atoms with E-state index in [1.165, 1.54) is 13.8 Å². The van der Waals surface area contributed by atoms with Crippen molar-refractivity contribution in [1.29, 1.82) is 0 Å². The highest BCUT2D eigenvalue weighted by atomic mass is 35.5. The third kappa shape index (κ3) is 7.92. The number of hydrogen-bond donors (Lipinski definition) is 2. The van der Waals surface area contributed by atoms with Gasteiger partial charge in [0.2, 0.25) is 0 Å². The number of hydrogen-bond acceptors (Lipinski definition) is 7. The van der Waals surface area contributed by atoms with Crippen LogP contribution in [0.3, 0.4) is 0 Å². The van der Waals surface area contributed by atoms with Gasteiger partial charge in [-0.3, -0.25) is 9.59 Å². The molecule has 9 nitrogen and oxygen atoms in total. The van der Waals surface area contributed by atoms with Crippen molar-refractivity contribution in [3.8, 4) is 11.1 Å². The van der Waals surface area contributed by atoms with Crippen LogP contribution in [0.2, 0.25) is 10.3 Å². The smallest absolute Gasteiger partial charge is 0.303 e. The van der Waals surface area contributed by atoms with Crippen LogP contribution >= 0.6 is 23.2 Å². The molecular formula is C34H35Cl2N3O6. The standard InChI is InChI=1S/C34H35Cl2N3O6/c1-20-29(17-39-19-38-31(35)32(39)36)44-34(45-30(20)26-9-7-23(18-40)8-10-26)27-13-11-25(12-14-27)28-6-4-5-24(15-28)16-37-33(42)21(2)43-22(3)41/h4-15,19-21,29-30,34,40H,16-18H2,1-3H3,(H,37,42)/t20-,21-,29+,30+,34+/m0/s1. The summed E-state index contributed by atoms with van der Waals surface area (Å²) in [5.41, 5.74) is 5.53. The van der Waals surface area contributed by atoms with Crippen LogP contribution in [0.4, 0.5) is 0 Å². The van der Waals surface area contributed by atoms with Crippen LogP contribution in [0, 0.1) is 5.92 Å². The zero-order valence-corrected chi connectivity index (χ0v) is 26.7. The molecule has 0 unspecified atom stereocenters. The molecular weight excluding hydrogens is 617 g/mol. The maximum Gasteiger partial charge on any atom is 0.303 e. The Morgan fingerprint density at radius 2 is 1.71 bits per heavy atom. The summed E-state index contributed by atoms with van der Waals surface area (Å²) in [6.45, 7) is 5.59. The Balaban J connectivity index is 1.34. The minimum absolute atomic E-state index is 0.0329. The largest absolute Gasteiger partial charge is 0.453 e. The van der Waals surface area contributed by atoms with Crippen molar-refractivity contribution in [2.75, 3.05) is 0 Å². The second-order valence-corrected chi connectivity index (χ2v) is 11.8. The lowest BCUT2D eigenvalue weighted by molar-refractivity contribution is -0.276. The predicted molar refractivity (Wildman–Crippen MR) is 170 cm³/mol. The van der Waals surface area contributed by atoms with E-state index in [4.69, 9.17) is 37.4 Å². The number of amides is 1. The van der Waals surface area contributed by atoms with E-state index < -0.39 is 18.4 Å². The molecule has 236 valence electrons. The van der Waals surface area contributed by atoms with Crippen LogP contribution in [0.1, 0.15) is 55.4 Å². The van der Waals surface area contributed by atoms with E-state index in [1.54, 1.807) is 10.9 Å². The topological polar surface area (TPSA) is 112 Å². The maximum atomic E-state index is 12.3. The van der Waals surface area contributed by atoms with Gasteiger partial charge in [-0.05, 0) is 40.8 Å². The van der Waals surface area contributed by atoms with Crippen LogP contribution in [-0.4, -0.2) is 38.7 Å². The third-order valence-corrected chi connectivity index (χ3v) is 8.62. The normalized spacial score (nSPS) is 20.4. The van der Waals surface area contributed by atoms with Crippen LogP contribution in [0.15, 0.2) is 79.1 Å². The van der Waals surface area contributed by atoms with Crippen molar-refractivity contribution in [1.82, 2.24) is 14.9 Å². The number of imidazole rings is 1. The summed E-state index contributed by atoms with van der Waals surface area (Å²) in [5, 5.41) is 12.9. The first-order chi connectivity index (χ1) is 21.6. The number of aliphatic hydroxyl groups excluding tert-OH is 1. The second-order valence-electron chi connectivity index (χ2n) is 11.1. The van der Waals surface area contributed by atoms with Crippen molar-refractivity contribution in [2.24, 2.45) is 5.92 Å². The lowest BCUT2D eigenvalue weighted by atomic mass is 9.90. The lowest BCUT2D eigenvalue weighted by Crippen LogP contribution is -2.39. The van der Waals surface area contributed by atoms with Gasteiger partial charge in [-0.1, -0.05) is 96.9 Å². The second kappa shape index (κ2) is 14.6. The van der Waals surface area contributed by atoms with E-state index in [1.807, 2.05) is 72.8 Å². The fraction of sp³-hybridized carbons (Fsp3) is 0.324. The summed E-state index contributed by atoms with van der Waals surface area (Å²) in [5.74, 6) is -0.906. The minimum Gasteiger partial charge on any atom is -0.453 e. The molecule has 1 fully saturated rings. The number of ether oxygens (including phenoxy) is 3. The fourth-order valence-corrected chi connectivity index (χ4v) is 5.63. The Morgan fingerprint density at radius 3 is 2.36 bits per heavy atom. The molecule has 1 amide bonds. The third-order valence-electron chi connectivity index (χ3n) is 7.85. The Morgan fingerprint density at radius 1 is 1.00 bits per heavy atom. The molecule has 1 aliphatic heterocycles. The Bertz CT molecular complexity index is 1630. The van der Waals surface area contributed by atoms with Gasteiger partial charge in [0.15, 0.2) is 17.5 Å². The molecule has 4 aromatic rings. The summed E-state index contributed by atoms with van der Waals surface area (Å²) >= 11 is 12.5. The van der Waals surface area contributed by atoms with E-state index in [0.29, 0.717) is 18.2 Å². The average Bonchev–Trinajstić information content (AvgIpc) is 3.36. The number of nitrogens with zero attached hydrogens (tertiary/aromatic N) is 2. The molecule has 11 heteroatoms. The van der Waals surface area contributed by atoms with E-state index in [2.05, 4.69) is 17.2 Å². The number of benzene rings is 3. The highest BCUT2D eigenvalue weighted by molar-refractivity contribution is 6.40. The highest BCUT2D eigenvalue weighted by Gasteiger charge is 2.39. The van der Waals surface area contributed by atoms with Crippen molar-refractivity contribution in [3.63, 3.8) is 0 Å². The molecule has 5 atom stereocenters. The molecule has 3 aromatic carbocycles. The van der Waals surface area contributed by atoms with Crippen molar-refractivity contribution in [2.45, 2.75) is 65.1 Å². The molecule has 1 saturated heterocycles. The zero-order chi connectivity index (χ0) is 32.1. The summed E-state index contributed by atoms with van der Waals surface area (Å²) in [7, 11) is 0. The first kappa shape index (κ1) is 32.7. The molecule has 0 spiro atoms. The molecule has 2 heterocycles. The van der Waals surface area contributed by atoms with Gasteiger partial charge in [0.05, 0.1) is 31.7 Å². The molecule has 0 bridgehead atoms. The first-order valence-electron chi connectivity index (χ1n) is 14.6. The first-order valence-corrected chi connectivity index (χ1v) is 15.4. The van der Waals surface area contributed by atoms with Gasteiger partial charge >= 0.3 is 5.97 Å². The maximum absolute atomic E-state index is 12.3. The van der Waals surface area contributed by atoms with Gasteiger partial charge < -0.3 is 29.2 Å². The Kier molecular flexibility index (Phi) is 10.6. The zero-order valence-electron chi connectivity index (χ0n) is 25.2. The number of aliphatic hydroxyl groups is 1. The molecule has 5 rings (SSSR count). The van der Waals surface area contributed by atoms with Gasteiger partial charge in [-0.15, -0.1) is 0 Å². The van der Waals surface area contributed by atoms with Gasteiger partial charge in [-0.25, -0.2) is 4.98 Å². The van der Waals surface area contributed by atoms with Gasteiger partial charge in [-0.2, -0.15) is 0 Å². The quantitative estimate of drug-likeness (QED) is 0.191. The predicted octanol–water partition coefficient (Wildman–Crippen LogP) is 6.41.